The summed E-state index contributed by atoms with van der Waals surface area (Å²) in [6, 6.07) is 6.79. The first-order valence-electron chi connectivity index (χ1n) is 6.82. The average Bonchev–Trinajstić information content (AvgIpc) is 2.46. The van der Waals surface area contributed by atoms with Gasteiger partial charge in [0.25, 0.3) is 0 Å². The summed E-state index contributed by atoms with van der Waals surface area (Å²) in [6.45, 7) is 3.56. The Morgan fingerprint density at radius 2 is 1.95 bits per heavy atom. The molecule has 0 aliphatic heterocycles. The van der Waals surface area contributed by atoms with Gasteiger partial charge >= 0.3 is 5.97 Å². The highest BCUT2D eigenvalue weighted by atomic mass is 35.5. The normalized spacial score (nSPS) is 11.0. The van der Waals surface area contributed by atoms with E-state index in [4.69, 9.17) is 16.9 Å². The van der Waals surface area contributed by atoms with E-state index in [0.29, 0.717) is 29.0 Å². The van der Waals surface area contributed by atoms with Crippen LogP contribution in [0.15, 0.2) is 18.2 Å². The second-order valence-corrected chi connectivity index (χ2v) is 5.52. The van der Waals surface area contributed by atoms with Crippen LogP contribution in [0, 0.1) is 16.7 Å². The van der Waals surface area contributed by atoms with Crippen molar-refractivity contribution in [2.24, 2.45) is 5.41 Å². The average molecular weight is 308 g/mol. The van der Waals surface area contributed by atoms with E-state index in [2.05, 4.69) is 0 Å². The van der Waals surface area contributed by atoms with Crippen molar-refractivity contribution in [1.82, 2.24) is 0 Å². The van der Waals surface area contributed by atoms with Crippen molar-refractivity contribution >= 4 is 23.4 Å². The minimum absolute atomic E-state index is 0.000152. The molecule has 4 nitrogen and oxygen atoms in total. The Balaban J connectivity index is 2.87. The second kappa shape index (κ2) is 7.24. The number of carboxylic acid groups (broad SMARTS) is 1. The molecule has 0 aromatic heterocycles. The number of nitriles is 1. The summed E-state index contributed by atoms with van der Waals surface area (Å²) in [5.41, 5.74) is -0.00780. The first kappa shape index (κ1) is 17.2. The predicted molar refractivity (Wildman–Crippen MR) is 80.1 cm³/mol. The standard InChI is InChI=1S/C16H18ClNO3/c1-3-16(4-2,15(20)21)9-13(19)8-11-5-6-14(17)12(7-11)10-18/h5-7H,3-4,8-9H2,1-2H3,(H,20,21). The SMILES string of the molecule is CCC(CC)(CC(=O)Cc1ccc(Cl)c(C#N)c1)C(=O)O. The molecule has 0 atom stereocenters. The van der Waals surface area contributed by atoms with Crippen LogP contribution in [-0.2, 0) is 16.0 Å². The number of hydrogen-bond acceptors (Lipinski definition) is 3. The Bertz CT molecular complexity index is 586. The van der Waals surface area contributed by atoms with Crippen LogP contribution in [0.2, 0.25) is 5.02 Å². The van der Waals surface area contributed by atoms with E-state index in [1.807, 2.05) is 6.07 Å². The Kier molecular flexibility index (Phi) is 5.92. The fraction of sp³-hybridized carbons (Fsp3) is 0.438. The number of carbonyl (C=O) groups is 2. The summed E-state index contributed by atoms with van der Waals surface area (Å²) in [7, 11) is 0. The number of ketones is 1. The molecule has 21 heavy (non-hydrogen) atoms. The Labute approximate surface area is 129 Å². The van der Waals surface area contributed by atoms with Crippen LogP contribution in [0.5, 0.6) is 0 Å². The van der Waals surface area contributed by atoms with Crippen LogP contribution < -0.4 is 0 Å². The number of rotatable bonds is 7. The molecule has 0 unspecified atom stereocenters. The molecule has 1 N–H and O–H groups in total. The molecule has 0 radical (unpaired) electrons. The van der Waals surface area contributed by atoms with Crippen molar-refractivity contribution < 1.29 is 14.7 Å². The number of aliphatic carboxylic acids is 1. The summed E-state index contributed by atoms with van der Waals surface area (Å²) < 4.78 is 0. The van der Waals surface area contributed by atoms with Crippen LogP contribution >= 0.6 is 11.6 Å². The van der Waals surface area contributed by atoms with Crippen LogP contribution in [0.3, 0.4) is 0 Å². The van der Waals surface area contributed by atoms with Crippen LogP contribution in [0.4, 0.5) is 0 Å². The molecule has 0 spiro atoms. The van der Waals surface area contributed by atoms with Gasteiger partial charge in [0.2, 0.25) is 0 Å². The third-order valence-electron chi connectivity index (χ3n) is 3.90. The van der Waals surface area contributed by atoms with Gasteiger partial charge in [0.1, 0.15) is 11.9 Å². The summed E-state index contributed by atoms with van der Waals surface area (Å²) in [5.74, 6) is -1.08. The van der Waals surface area contributed by atoms with Gasteiger partial charge in [-0.25, -0.2) is 0 Å². The lowest BCUT2D eigenvalue weighted by Crippen LogP contribution is -2.32. The largest absolute Gasteiger partial charge is 0.481 e. The number of halogens is 1. The van der Waals surface area contributed by atoms with Crippen molar-refractivity contribution in [3.8, 4) is 6.07 Å². The summed E-state index contributed by atoms with van der Waals surface area (Å²) >= 11 is 5.84. The van der Waals surface area contributed by atoms with E-state index >= 15 is 0 Å². The molecule has 0 amide bonds. The van der Waals surface area contributed by atoms with Gasteiger partial charge < -0.3 is 5.11 Å². The molecule has 0 saturated carbocycles. The zero-order chi connectivity index (χ0) is 16.0. The fourth-order valence-corrected chi connectivity index (χ4v) is 2.47. The lowest BCUT2D eigenvalue weighted by Gasteiger charge is -2.25. The van der Waals surface area contributed by atoms with Crippen LogP contribution in [0.1, 0.15) is 44.2 Å². The smallest absolute Gasteiger partial charge is 0.310 e. The molecule has 0 aliphatic rings. The molecule has 112 valence electrons. The van der Waals surface area contributed by atoms with Gasteiger partial charge in [-0.2, -0.15) is 5.26 Å². The number of hydrogen-bond donors (Lipinski definition) is 1. The highest BCUT2D eigenvalue weighted by Crippen LogP contribution is 2.32. The molecule has 5 heteroatoms. The molecule has 0 bridgehead atoms. The maximum absolute atomic E-state index is 12.2. The molecule has 1 aromatic carbocycles. The van der Waals surface area contributed by atoms with Crippen molar-refractivity contribution in [3.63, 3.8) is 0 Å². The topological polar surface area (TPSA) is 78.2 Å². The van der Waals surface area contributed by atoms with Crippen molar-refractivity contribution in [2.45, 2.75) is 39.5 Å². The monoisotopic (exact) mass is 307 g/mol. The fourth-order valence-electron chi connectivity index (χ4n) is 2.31. The van der Waals surface area contributed by atoms with E-state index in [1.165, 1.54) is 0 Å². The molecule has 0 fully saturated rings. The molecule has 1 rings (SSSR count). The number of carboxylic acids is 1. The first-order valence-corrected chi connectivity index (χ1v) is 7.20. The van der Waals surface area contributed by atoms with Crippen LogP contribution in [0.25, 0.3) is 0 Å². The van der Waals surface area contributed by atoms with Gasteiger partial charge in [-0.05, 0) is 30.5 Å². The first-order chi connectivity index (χ1) is 9.88. The molecule has 0 saturated heterocycles. The highest BCUT2D eigenvalue weighted by Gasteiger charge is 2.36. The summed E-state index contributed by atoms with van der Waals surface area (Å²) in [6.07, 6.45) is 0.935. The molecular weight excluding hydrogens is 290 g/mol. The minimum Gasteiger partial charge on any atom is -0.481 e. The molecule has 0 aliphatic carbocycles. The second-order valence-electron chi connectivity index (χ2n) is 5.11. The van der Waals surface area contributed by atoms with Crippen molar-refractivity contribution in [1.29, 1.82) is 5.26 Å². The van der Waals surface area contributed by atoms with E-state index in [9.17, 15) is 14.7 Å². The number of Topliss-reactive ketones (excluding diaryl/α,β-unsaturated/α-hetero) is 1. The summed E-state index contributed by atoms with van der Waals surface area (Å²) in [5, 5.41) is 18.6. The lowest BCUT2D eigenvalue weighted by atomic mass is 9.77. The van der Waals surface area contributed by atoms with Gasteiger partial charge in [0.05, 0.1) is 16.0 Å². The number of benzene rings is 1. The maximum Gasteiger partial charge on any atom is 0.310 e. The van der Waals surface area contributed by atoms with E-state index in [1.54, 1.807) is 32.0 Å². The Hall–Kier alpha value is -1.86. The van der Waals surface area contributed by atoms with Gasteiger partial charge in [-0.3, -0.25) is 9.59 Å². The molecule has 1 aromatic rings. The summed E-state index contributed by atoms with van der Waals surface area (Å²) in [4.78, 5) is 23.6. The Morgan fingerprint density at radius 1 is 1.33 bits per heavy atom. The Morgan fingerprint density at radius 3 is 2.43 bits per heavy atom. The van der Waals surface area contributed by atoms with Crippen molar-refractivity contribution in [3.05, 3.63) is 34.3 Å². The van der Waals surface area contributed by atoms with E-state index in [0.717, 1.165) is 0 Å². The van der Waals surface area contributed by atoms with Gasteiger partial charge in [0, 0.05) is 12.8 Å². The maximum atomic E-state index is 12.2. The third kappa shape index (κ3) is 4.05. The van der Waals surface area contributed by atoms with Crippen molar-refractivity contribution in [2.75, 3.05) is 0 Å². The predicted octanol–water partition coefficient (Wildman–Crippen LogP) is 3.60. The van der Waals surface area contributed by atoms with E-state index in [-0.39, 0.29) is 18.6 Å². The number of nitrogens with zero attached hydrogens (tertiary/aromatic N) is 1. The van der Waals surface area contributed by atoms with Crippen LogP contribution in [-0.4, -0.2) is 16.9 Å². The van der Waals surface area contributed by atoms with Gasteiger partial charge in [-0.15, -0.1) is 0 Å². The minimum atomic E-state index is -0.998. The number of carbonyl (C=O) groups excluding carboxylic acids is 1. The van der Waals surface area contributed by atoms with Gasteiger partial charge in [-0.1, -0.05) is 31.5 Å². The quantitative estimate of drug-likeness (QED) is 0.834. The highest BCUT2D eigenvalue weighted by molar-refractivity contribution is 6.31. The molecule has 0 heterocycles. The lowest BCUT2D eigenvalue weighted by molar-refractivity contribution is -0.152. The zero-order valence-electron chi connectivity index (χ0n) is 12.1. The third-order valence-corrected chi connectivity index (χ3v) is 4.22. The van der Waals surface area contributed by atoms with E-state index < -0.39 is 11.4 Å². The van der Waals surface area contributed by atoms with Gasteiger partial charge in [0.15, 0.2) is 0 Å². The zero-order valence-corrected chi connectivity index (χ0v) is 12.9. The molecular formula is C16H18ClNO3.